The van der Waals surface area contributed by atoms with Crippen LogP contribution >= 0.6 is 11.3 Å². The molecule has 5 nitrogen and oxygen atoms in total. The summed E-state index contributed by atoms with van der Waals surface area (Å²) in [6.07, 6.45) is -4.39. The summed E-state index contributed by atoms with van der Waals surface area (Å²) in [7, 11) is 0. The number of ether oxygens (including phenoxy) is 1. The number of halogens is 3. The van der Waals surface area contributed by atoms with E-state index in [-0.39, 0.29) is 0 Å². The number of nitrogens with zero attached hydrogens (tertiary/aromatic N) is 2. The van der Waals surface area contributed by atoms with Crippen LogP contribution in [0.25, 0.3) is 33.3 Å². The average molecular weight is 494 g/mol. The smallest absolute Gasteiger partial charge is 0.416 e. The third kappa shape index (κ3) is 4.16. The number of aromatic nitrogens is 2. The Morgan fingerprint density at radius 3 is 2.71 bits per heavy atom. The van der Waals surface area contributed by atoms with E-state index in [0.717, 1.165) is 57.8 Å². The van der Waals surface area contributed by atoms with Gasteiger partial charge in [-0.25, -0.2) is 0 Å². The molecule has 1 aliphatic heterocycles. The number of H-pyrrole nitrogens is 1. The van der Waals surface area contributed by atoms with E-state index in [4.69, 9.17) is 9.15 Å². The van der Waals surface area contributed by atoms with Crippen LogP contribution in [0.1, 0.15) is 16.0 Å². The molecule has 3 aromatic heterocycles. The molecule has 0 amide bonds. The summed E-state index contributed by atoms with van der Waals surface area (Å²) in [6, 6.07) is 13.0. The minimum Gasteiger partial charge on any atom is -0.452 e. The fraction of sp³-hybridized carbons (Fsp3) is 0.192. The molecule has 1 N–H and O–H groups in total. The van der Waals surface area contributed by atoms with Gasteiger partial charge in [-0.2, -0.15) is 18.3 Å². The topological polar surface area (TPSA) is 54.3 Å². The van der Waals surface area contributed by atoms with Gasteiger partial charge < -0.3 is 14.1 Å². The van der Waals surface area contributed by atoms with Crippen LogP contribution in [0.15, 0.2) is 58.3 Å². The number of aromatic amines is 1. The molecule has 0 saturated carbocycles. The van der Waals surface area contributed by atoms with Crippen molar-refractivity contribution in [3.63, 3.8) is 0 Å². The maximum atomic E-state index is 12.9. The standard InChI is InChI=1S/C26H18F3N3O2S/c27-26(28,29)18-3-1-2-16(12-18)4-6-20-13-17(15-35-20)23-25-24(31-30-23)21-7-5-19(14-22(21)34-25)32-8-10-33-11-9-32/h1-3,5,7,12-15H,8-11H2,(H,30,31). The Morgan fingerprint density at radius 1 is 1.03 bits per heavy atom. The Kier molecular flexibility index (Phi) is 5.28. The van der Waals surface area contributed by atoms with E-state index in [1.165, 1.54) is 17.4 Å². The highest BCUT2D eigenvalue weighted by atomic mass is 32.1. The zero-order valence-electron chi connectivity index (χ0n) is 18.3. The fourth-order valence-electron chi connectivity index (χ4n) is 4.17. The first-order valence-electron chi connectivity index (χ1n) is 11.0. The van der Waals surface area contributed by atoms with Crippen molar-refractivity contribution in [2.24, 2.45) is 0 Å². The summed E-state index contributed by atoms with van der Waals surface area (Å²) >= 11 is 1.40. The van der Waals surface area contributed by atoms with Crippen molar-refractivity contribution in [1.29, 1.82) is 0 Å². The third-order valence-corrected chi connectivity index (χ3v) is 6.78. The summed E-state index contributed by atoms with van der Waals surface area (Å²) in [4.78, 5) is 2.99. The van der Waals surface area contributed by atoms with E-state index in [9.17, 15) is 13.2 Å². The molecule has 0 radical (unpaired) electrons. The summed E-state index contributed by atoms with van der Waals surface area (Å²) in [5, 5.41) is 10.4. The highest BCUT2D eigenvalue weighted by molar-refractivity contribution is 7.11. The molecule has 0 unspecified atom stereocenters. The predicted molar refractivity (Wildman–Crippen MR) is 130 cm³/mol. The van der Waals surface area contributed by atoms with Crippen molar-refractivity contribution in [3.8, 4) is 23.1 Å². The van der Waals surface area contributed by atoms with Gasteiger partial charge in [-0.3, -0.25) is 5.10 Å². The highest BCUT2D eigenvalue weighted by Gasteiger charge is 2.30. The zero-order valence-corrected chi connectivity index (χ0v) is 19.1. The van der Waals surface area contributed by atoms with Gasteiger partial charge in [0.1, 0.15) is 16.8 Å². The largest absolute Gasteiger partial charge is 0.452 e. The number of rotatable bonds is 2. The number of benzene rings is 2. The Bertz CT molecular complexity index is 1600. The lowest BCUT2D eigenvalue weighted by Crippen LogP contribution is -2.36. The first-order valence-corrected chi connectivity index (χ1v) is 11.9. The molecule has 5 aromatic rings. The number of furan rings is 1. The number of hydrogen-bond acceptors (Lipinski definition) is 5. The first kappa shape index (κ1) is 21.8. The van der Waals surface area contributed by atoms with E-state index in [0.29, 0.717) is 30.1 Å². The molecule has 176 valence electrons. The van der Waals surface area contributed by atoms with Crippen molar-refractivity contribution in [3.05, 3.63) is 69.9 Å². The Hall–Kier alpha value is -3.74. The molecule has 6 rings (SSSR count). The number of morpholine rings is 1. The number of alkyl halides is 3. The van der Waals surface area contributed by atoms with Crippen molar-refractivity contribution in [2.75, 3.05) is 31.2 Å². The first-order chi connectivity index (χ1) is 17.0. The van der Waals surface area contributed by atoms with E-state index >= 15 is 0 Å². The zero-order chi connectivity index (χ0) is 24.0. The molecular formula is C26H18F3N3O2S. The lowest BCUT2D eigenvalue weighted by molar-refractivity contribution is -0.137. The van der Waals surface area contributed by atoms with E-state index in [2.05, 4.69) is 33.0 Å². The molecule has 0 spiro atoms. The van der Waals surface area contributed by atoms with Gasteiger partial charge in [-0.05, 0) is 36.4 Å². The molecule has 1 saturated heterocycles. The van der Waals surface area contributed by atoms with Gasteiger partial charge in [0.05, 0.1) is 23.7 Å². The van der Waals surface area contributed by atoms with Crippen molar-refractivity contribution in [2.45, 2.75) is 6.18 Å². The van der Waals surface area contributed by atoms with Gasteiger partial charge in [-0.1, -0.05) is 17.9 Å². The Labute approximate surface area is 202 Å². The molecule has 4 heterocycles. The second-order valence-corrected chi connectivity index (χ2v) is 9.10. The predicted octanol–water partition coefficient (Wildman–Crippen LogP) is 6.29. The molecule has 0 atom stereocenters. The lowest BCUT2D eigenvalue weighted by atomic mass is 10.1. The van der Waals surface area contributed by atoms with E-state index in [1.807, 2.05) is 23.6 Å². The molecule has 35 heavy (non-hydrogen) atoms. The SMILES string of the molecule is FC(F)(F)c1cccc(C#Cc2cc(-c3n[nH]c4c3oc3cc(N5CCOCC5)ccc34)cs2)c1. The van der Waals surface area contributed by atoms with E-state index < -0.39 is 11.7 Å². The van der Waals surface area contributed by atoms with Gasteiger partial charge in [0.15, 0.2) is 5.58 Å². The Morgan fingerprint density at radius 2 is 1.89 bits per heavy atom. The normalized spacial score (nSPS) is 14.4. The van der Waals surface area contributed by atoms with Crippen LogP contribution in [0.5, 0.6) is 0 Å². The molecule has 2 aromatic carbocycles. The quantitative estimate of drug-likeness (QED) is 0.294. The number of thiophene rings is 1. The summed E-state index contributed by atoms with van der Waals surface area (Å²) in [6.45, 7) is 3.11. The highest BCUT2D eigenvalue weighted by Crippen LogP contribution is 2.37. The molecule has 0 aliphatic carbocycles. The summed E-state index contributed by atoms with van der Waals surface area (Å²) in [5.74, 6) is 5.78. The fourth-order valence-corrected chi connectivity index (χ4v) is 4.91. The van der Waals surface area contributed by atoms with Crippen LogP contribution in [-0.4, -0.2) is 36.5 Å². The van der Waals surface area contributed by atoms with Crippen LogP contribution in [0.3, 0.4) is 0 Å². The number of fused-ring (bicyclic) bond motifs is 3. The minimum atomic E-state index is -4.39. The van der Waals surface area contributed by atoms with Gasteiger partial charge in [0.2, 0.25) is 0 Å². The maximum Gasteiger partial charge on any atom is 0.416 e. The second kappa shape index (κ2) is 8.48. The van der Waals surface area contributed by atoms with Crippen molar-refractivity contribution < 1.29 is 22.3 Å². The number of hydrogen-bond donors (Lipinski definition) is 1. The molecule has 0 bridgehead atoms. The second-order valence-electron chi connectivity index (χ2n) is 8.19. The van der Waals surface area contributed by atoms with Gasteiger partial charge in [0.25, 0.3) is 0 Å². The number of nitrogens with one attached hydrogen (secondary N) is 1. The van der Waals surface area contributed by atoms with Crippen molar-refractivity contribution in [1.82, 2.24) is 10.2 Å². The molecule has 9 heteroatoms. The van der Waals surface area contributed by atoms with Crippen LogP contribution < -0.4 is 4.90 Å². The van der Waals surface area contributed by atoms with Crippen molar-refractivity contribution >= 4 is 39.1 Å². The van der Waals surface area contributed by atoms with Gasteiger partial charge >= 0.3 is 6.18 Å². The average Bonchev–Trinajstić information content (AvgIpc) is 3.58. The number of anilines is 1. The third-order valence-electron chi connectivity index (χ3n) is 5.94. The summed E-state index contributed by atoms with van der Waals surface area (Å²) in [5.41, 5.74) is 4.46. The molecular weight excluding hydrogens is 475 g/mol. The maximum absolute atomic E-state index is 12.9. The van der Waals surface area contributed by atoms with Gasteiger partial charge in [0, 0.05) is 46.7 Å². The van der Waals surface area contributed by atoms with Crippen LogP contribution in [0.2, 0.25) is 0 Å². The Balaban J connectivity index is 1.30. The monoisotopic (exact) mass is 493 g/mol. The lowest BCUT2D eigenvalue weighted by Gasteiger charge is -2.28. The van der Waals surface area contributed by atoms with Crippen LogP contribution in [-0.2, 0) is 10.9 Å². The minimum absolute atomic E-state index is 0.310. The summed E-state index contributed by atoms with van der Waals surface area (Å²) < 4.78 is 50.5. The van der Waals surface area contributed by atoms with Crippen LogP contribution in [0.4, 0.5) is 18.9 Å². The molecule has 1 fully saturated rings. The van der Waals surface area contributed by atoms with Gasteiger partial charge in [-0.15, -0.1) is 11.3 Å². The van der Waals surface area contributed by atoms with E-state index in [1.54, 1.807) is 6.07 Å². The van der Waals surface area contributed by atoms with Crippen LogP contribution in [0, 0.1) is 11.8 Å². The molecule has 1 aliphatic rings.